The van der Waals surface area contributed by atoms with Gasteiger partial charge in [0.05, 0.1) is 0 Å². The van der Waals surface area contributed by atoms with E-state index in [1.807, 2.05) is 36.5 Å². The second kappa shape index (κ2) is 47.0. The summed E-state index contributed by atoms with van der Waals surface area (Å²) < 4.78 is 16.6. The number of esters is 3. The minimum Gasteiger partial charge on any atom is -0.462 e. The molecule has 6 heteroatoms. The maximum absolute atomic E-state index is 12.7. The van der Waals surface area contributed by atoms with Crippen molar-refractivity contribution in [3.8, 4) is 0 Å². The first-order valence-electron chi connectivity index (χ1n) is 23.8. The minimum absolute atomic E-state index is 0.109. The zero-order valence-electron chi connectivity index (χ0n) is 38.0. The van der Waals surface area contributed by atoms with E-state index in [-0.39, 0.29) is 31.1 Å². The zero-order valence-corrected chi connectivity index (χ0v) is 38.0. The Morgan fingerprint density at radius 1 is 0.373 bits per heavy atom. The number of hydrogen-bond acceptors (Lipinski definition) is 6. The molecule has 6 nitrogen and oxygen atoms in total. The predicted molar refractivity (Wildman–Crippen MR) is 251 cm³/mol. The molecule has 0 heterocycles. The van der Waals surface area contributed by atoms with Crippen LogP contribution in [0.2, 0.25) is 0 Å². The van der Waals surface area contributed by atoms with Crippen molar-refractivity contribution < 1.29 is 28.6 Å². The average Bonchev–Trinajstić information content (AvgIpc) is 3.23. The van der Waals surface area contributed by atoms with Crippen LogP contribution in [0.25, 0.3) is 0 Å². The highest BCUT2D eigenvalue weighted by Gasteiger charge is 2.19. The minimum atomic E-state index is -0.808. The number of rotatable bonds is 41. The summed E-state index contributed by atoms with van der Waals surface area (Å²) in [6, 6.07) is 0. The fourth-order valence-electron chi connectivity index (χ4n) is 6.09. The Morgan fingerprint density at radius 2 is 0.763 bits per heavy atom. The Bertz CT molecular complexity index is 1220. The molecule has 0 aromatic carbocycles. The highest BCUT2D eigenvalue weighted by Crippen LogP contribution is 2.12. The molecule has 0 aromatic rings. The first-order valence-corrected chi connectivity index (χ1v) is 23.8. The lowest BCUT2D eigenvalue weighted by Crippen LogP contribution is -2.30. The highest BCUT2D eigenvalue weighted by atomic mass is 16.6. The Kier molecular flexibility index (Phi) is 44.1. The van der Waals surface area contributed by atoms with Crippen molar-refractivity contribution >= 4 is 17.9 Å². The van der Waals surface area contributed by atoms with Gasteiger partial charge in [-0.25, -0.2) is 0 Å². The molecule has 0 rings (SSSR count). The van der Waals surface area contributed by atoms with Crippen LogP contribution in [0.15, 0.2) is 97.2 Å². The second-order valence-electron chi connectivity index (χ2n) is 15.4. The van der Waals surface area contributed by atoms with Crippen molar-refractivity contribution in [1.82, 2.24) is 0 Å². The van der Waals surface area contributed by atoms with Crippen molar-refractivity contribution in [2.75, 3.05) is 13.2 Å². The lowest BCUT2D eigenvalue weighted by Gasteiger charge is -2.18. The standard InChI is InChI=1S/C53H86O6/c1-4-7-10-13-16-19-21-23-25-26-27-28-30-31-34-37-40-43-46-52(55)58-49-50(48-57-51(54)45-42-39-36-33-18-15-12-9-6-3)59-53(56)47-44-41-38-35-32-29-24-22-20-17-14-11-8-5-2/h9-10,12-13,16,18-19,21,23,25-29,32-33,50H,4-8,11,14-15,17,20,22,24,30-31,34-49H2,1-3H3/b12-9-,13-10-,19-16-,23-21-,26-25-,28-27-,32-29-,33-18-. The van der Waals surface area contributed by atoms with E-state index in [0.29, 0.717) is 19.3 Å². The molecule has 1 atom stereocenters. The van der Waals surface area contributed by atoms with E-state index in [9.17, 15) is 14.4 Å². The number of carbonyl (C=O) groups excluding carboxylic acids is 3. The normalized spacial score (nSPS) is 12.9. The third-order valence-corrected chi connectivity index (χ3v) is 9.65. The summed E-state index contributed by atoms with van der Waals surface area (Å²) in [4.78, 5) is 37.8. The third-order valence-electron chi connectivity index (χ3n) is 9.65. The number of carbonyl (C=O) groups is 3. The maximum atomic E-state index is 12.7. The molecule has 0 saturated heterocycles. The summed E-state index contributed by atoms with van der Waals surface area (Å²) in [7, 11) is 0. The molecule has 0 aliphatic heterocycles. The molecule has 334 valence electrons. The van der Waals surface area contributed by atoms with Crippen molar-refractivity contribution in [1.29, 1.82) is 0 Å². The van der Waals surface area contributed by atoms with Gasteiger partial charge in [-0.1, -0.05) is 189 Å². The summed E-state index contributed by atoms with van der Waals surface area (Å²) in [6.45, 7) is 6.33. The van der Waals surface area contributed by atoms with Crippen LogP contribution in [-0.4, -0.2) is 37.2 Å². The molecule has 0 aliphatic carbocycles. The third kappa shape index (κ3) is 45.3. The fraction of sp³-hybridized carbons (Fsp3) is 0.642. The molecule has 0 radical (unpaired) electrons. The van der Waals surface area contributed by atoms with Crippen molar-refractivity contribution in [2.24, 2.45) is 0 Å². The summed E-state index contributed by atoms with van der Waals surface area (Å²) in [5.74, 6) is -0.993. The van der Waals surface area contributed by atoms with Gasteiger partial charge in [-0.2, -0.15) is 0 Å². The SMILES string of the molecule is CC/C=C\C/C=C\CCCCC(=O)OCC(COC(=O)CCCCCCC\C=C/C=C\C=C/C=C\C=C/CCC)OC(=O)CCCCC/C=C\CCCCCCCCC. The molecular formula is C53H86O6. The van der Waals surface area contributed by atoms with Crippen LogP contribution in [0, 0.1) is 0 Å². The quantitative estimate of drug-likeness (QED) is 0.0201. The highest BCUT2D eigenvalue weighted by molar-refractivity contribution is 5.71. The predicted octanol–water partition coefficient (Wildman–Crippen LogP) is 15.4. The number of ether oxygens (including phenoxy) is 3. The van der Waals surface area contributed by atoms with Gasteiger partial charge < -0.3 is 14.2 Å². The van der Waals surface area contributed by atoms with Crippen LogP contribution in [0.3, 0.4) is 0 Å². The summed E-state index contributed by atoms with van der Waals surface area (Å²) in [5.41, 5.74) is 0. The van der Waals surface area contributed by atoms with Crippen molar-refractivity contribution in [3.63, 3.8) is 0 Å². The topological polar surface area (TPSA) is 78.9 Å². The molecule has 0 spiro atoms. The smallest absolute Gasteiger partial charge is 0.306 e. The summed E-state index contributed by atoms with van der Waals surface area (Å²) in [5, 5.41) is 0. The number of allylic oxidation sites excluding steroid dienone is 16. The summed E-state index contributed by atoms with van der Waals surface area (Å²) >= 11 is 0. The molecule has 0 bridgehead atoms. The lowest BCUT2D eigenvalue weighted by molar-refractivity contribution is -0.167. The van der Waals surface area contributed by atoms with Gasteiger partial charge in [-0.3, -0.25) is 14.4 Å². The summed E-state index contributed by atoms with van der Waals surface area (Å²) in [6.07, 6.45) is 61.1. The van der Waals surface area contributed by atoms with E-state index < -0.39 is 6.10 Å². The van der Waals surface area contributed by atoms with Gasteiger partial charge >= 0.3 is 17.9 Å². The molecule has 59 heavy (non-hydrogen) atoms. The maximum Gasteiger partial charge on any atom is 0.306 e. The van der Waals surface area contributed by atoms with E-state index in [0.717, 1.165) is 109 Å². The van der Waals surface area contributed by atoms with Gasteiger partial charge in [0, 0.05) is 19.3 Å². The van der Waals surface area contributed by atoms with Gasteiger partial charge in [0.15, 0.2) is 6.10 Å². The number of hydrogen-bond donors (Lipinski definition) is 0. The molecular weight excluding hydrogens is 733 g/mol. The van der Waals surface area contributed by atoms with E-state index in [1.54, 1.807) is 0 Å². The monoisotopic (exact) mass is 819 g/mol. The largest absolute Gasteiger partial charge is 0.462 e. The van der Waals surface area contributed by atoms with Crippen LogP contribution < -0.4 is 0 Å². The molecule has 1 unspecified atom stereocenters. The van der Waals surface area contributed by atoms with Gasteiger partial charge in [-0.05, 0) is 89.9 Å². The molecule has 0 saturated carbocycles. The van der Waals surface area contributed by atoms with Crippen LogP contribution in [0.4, 0.5) is 0 Å². The molecule has 0 N–H and O–H groups in total. The molecule has 0 amide bonds. The zero-order chi connectivity index (χ0) is 43.0. The van der Waals surface area contributed by atoms with E-state index in [4.69, 9.17) is 14.2 Å². The second-order valence-corrected chi connectivity index (χ2v) is 15.4. The average molecular weight is 819 g/mol. The lowest BCUT2D eigenvalue weighted by atomic mass is 10.1. The van der Waals surface area contributed by atoms with Gasteiger partial charge in [0.2, 0.25) is 0 Å². The first-order chi connectivity index (χ1) is 29.0. The van der Waals surface area contributed by atoms with Gasteiger partial charge in [-0.15, -0.1) is 0 Å². The van der Waals surface area contributed by atoms with E-state index >= 15 is 0 Å². The first kappa shape index (κ1) is 55.3. The molecule has 0 aliphatic rings. The Hall–Kier alpha value is -3.67. The van der Waals surface area contributed by atoms with Crippen molar-refractivity contribution in [3.05, 3.63) is 97.2 Å². The molecule has 0 fully saturated rings. The van der Waals surface area contributed by atoms with Crippen LogP contribution >= 0.6 is 0 Å². The number of unbranched alkanes of at least 4 members (excludes halogenated alkanes) is 18. The van der Waals surface area contributed by atoms with Crippen LogP contribution in [-0.2, 0) is 28.6 Å². The Balaban J connectivity index is 4.46. The van der Waals surface area contributed by atoms with Gasteiger partial charge in [0.1, 0.15) is 13.2 Å². The Morgan fingerprint density at radius 3 is 1.31 bits per heavy atom. The fourth-order valence-corrected chi connectivity index (χ4v) is 6.09. The molecule has 0 aromatic heterocycles. The van der Waals surface area contributed by atoms with E-state index in [1.165, 1.54) is 51.4 Å². The van der Waals surface area contributed by atoms with Gasteiger partial charge in [0.25, 0.3) is 0 Å². The van der Waals surface area contributed by atoms with Crippen molar-refractivity contribution in [2.45, 2.75) is 207 Å². The van der Waals surface area contributed by atoms with E-state index in [2.05, 4.69) is 81.5 Å². The van der Waals surface area contributed by atoms with Crippen LogP contribution in [0.5, 0.6) is 0 Å². The Labute approximate surface area is 362 Å². The van der Waals surface area contributed by atoms with Crippen LogP contribution in [0.1, 0.15) is 201 Å².